The number of anilines is 2. The number of pyridine rings is 1. The second-order valence-corrected chi connectivity index (χ2v) is 3.89. The molecular weight excluding hydrogens is 240 g/mol. The van der Waals surface area contributed by atoms with Gasteiger partial charge in [0.15, 0.2) is 5.13 Å². The van der Waals surface area contributed by atoms with Crippen molar-refractivity contribution in [1.82, 2.24) is 9.97 Å². The van der Waals surface area contributed by atoms with E-state index in [0.29, 0.717) is 16.7 Å². The van der Waals surface area contributed by atoms with E-state index in [1.165, 1.54) is 11.3 Å². The third kappa shape index (κ3) is 3.15. The number of methoxy groups -OCH3 is 1. The molecule has 2 aromatic rings. The quantitative estimate of drug-likeness (QED) is 0.875. The van der Waals surface area contributed by atoms with Gasteiger partial charge in [0.2, 0.25) is 0 Å². The van der Waals surface area contributed by atoms with E-state index in [-0.39, 0.29) is 6.03 Å². The largest absolute Gasteiger partial charge is 0.497 e. The van der Waals surface area contributed by atoms with Crippen LogP contribution in [0.15, 0.2) is 29.9 Å². The second-order valence-electron chi connectivity index (χ2n) is 3.00. The maximum absolute atomic E-state index is 11.5. The topological polar surface area (TPSA) is 76.1 Å². The van der Waals surface area contributed by atoms with Gasteiger partial charge < -0.3 is 4.74 Å². The van der Waals surface area contributed by atoms with E-state index in [9.17, 15) is 4.79 Å². The minimum absolute atomic E-state index is 0.388. The van der Waals surface area contributed by atoms with Crippen molar-refractivity contribution < 1.29 is 9.53 Å². The number of ether oxygens (including phenoxy) is 1. The maximum atomic E-state index is 11.5. The Morgan fingerprint density at radius 3 is 2.94 bits per heavy atom. The lowest BCUT2D eigenvalue weighted by Gasteiger charge is -2.05. The Hall–Kier alpha value is -2.15. The maximum Gasteiger partial charge on any atom is 0.326 e. The monoisotopic (exact) mass is 250 g/mol. The van der Waals surface area contributed by atoms with Crippen LogP contribution >= 0.6 is 11.3 Å². The lowest BCUT2D eigenvalue weighted by molar-refractivity contribution is 0.262. The zero-order valence-corrected chi connectivity index (χ0v) is 9.82. The number of nitrogens with zero attached hydrogens (tertiary/aromatic N) is 2. The molecule has 17 heavy (non-hydrogen) atoms. The molecule has 0 spiro atoms. The summed E-state index contributed by atoms with van der Waals surface area (Å²) in [5, 5.41) is 7.47. The predicted molar refractivity (Wildman–Crippen MR) is 65.5 cm³/mol. The lowest BCUT2D eigenvalue weighted by atomic mass is 10.4. The van der Waals surface area contributed by atoms with E-state index in [1.807, 2.05) is 0 Å². The molecule has 0 radical (unpaired) electrons. The molecule has 0 aliphatic carbocycles. The van der Waals surface area contributed by atoms with Crippen LogP contribution in [0.5, 0.6) is 5.75 Å². The molecule has 0 unspecified atom stereocenters. The van der Waals surface area contributed by atoms with Gasteiger partial charge in [-0.2, -0.15) is 0 Å². The zero-order chi connectivity index (χ0) is 12.1. The standard InChI is InChI=1S/C10H10N4O2S/c1-16-7-2-3-11-8(6-7)13-9(15)14-10-12-4-5-17-10/h2-6H,1H3,(H2,11,12,13,14,15). The number of amides is 2. The van der Waals surface area contributed by atoms with E-state index < -0.39 is 0 Å². The van der Waals surface area contributed by atoms with Gasteiger partial charge >= 0.3 is 6.03 Å². The van der Waals surface area contributed by atoms with Crippen molar-refractivity contribution >= 4 is 28.3 Å². The molecule has 2 heterocycles. The summed E-state index contributed by atoms with van der Waals surface area (Å²) in [6, 6.07) is 2.94. The molecule has 0 fully saturated rings. The Morgan fingerprint density at radius 1 is 1.35 bits per heavy atom. The molecule has 6 nitrogen and oxygen atoms in total. The number of urea groups is 1. The first kappa shape index (κ1) is 11.3. The van der Waals surface area contributed by atoms with Crippen molar-refractivity contribution in [3.05, 3.63) is 29.9 Å². The van der Waals surface area contributed by atoms with Crippen molar-refractivity contribution in [3.63, 3.8) is 0 Å². The lowest BCUT2D eigenvalue weighted by Crippen LogP contribution is -2.19. The highest BCUT2D eigenvalue weighted by atomic mass is 32.1. The Bertz CT molecular complexity index is 501. The molecule has 88 valence electrons. The van der Waals surface area contributed by atoms with E-state index in [4.69, 9.17) is 4.74 Å². The van der Waals surface area contributed by atoms with Gasteiger partial charge in [0.05, 0.1) is 7.11 Å². The zero-order valence-electron chi connectivity index (χ0n) is 9.01. The summed E-state index contributed by atoms with van der Waals surface area (Å²) >= 11 is 1.34. The molecule has 0 aliphatic heterocycles. The minimum Gasteiger partial charge on any atom is -0.497 e. The normalized spacial score (nSPS) is 9.71. The first-order valence-corrected chi connectivity index (χ1v) is 5.63. The summed E-state index contributed by atoms with van der Waals surface area (Å²) in [4.78, 5) is 19.5. The van der Waals surface area contributed by atoms with E-state index in [1.54, 1.807) is 37.0 Å². The minimum atomic E-state index is -0.388. The molecule has 0 saturated carbocycles. The van der Waals surface area contributed by atoms with Gasteiger partial charge in [-0.1, -0.05) is 0 Å². The van der Waals surface area contributed by atoms with Crippen LogP contribution in [0.1, 0.15) is 0 Å². The van der Waals surface area contributed by atoms with E-state index >= 15 is 0 Å². The Labute approximate surface area is 102 Å². The molecule has 2 rings (SSSR count). The summed E-state index contributed by atoms with van der Waals surface area (Å²) in [6.07, 6.45) is 3.17. The van der Waals surface area contributed by atoms with Crippen LogP contribution in [0.3, 0.4) is 0 Å². The number of rotatable bonds is 3. The Balaban J connectivity index is 1.98. The number of carbonyl (C=O) groups is 1. The van der Waals surface area contributed by atoms with Crippen LogP contribution in [0, 0.1) is 0 Å². The van der Waals surface area contributed by atoms with Gasteiger partial charge in [0.25, 0.3) is 0 Å². The molecule has 0 atom stereocenters. The van der Waals surface area contributed by atoms with Gasteiger partial charge in [-0.25, -0.2) is 14.8 Å². The summed E-state index contributed by atoms with van der Waals surface area (Å²) in [5.41, 5.74) is 0. The molecule has 2 N–H and O–H groups in total. The van der Waals surface area contributed by atoms with Crippen molar-refractivity contribution in [1.29, 1.82) is 0 Å². The molecule has 2 amide bonds. The van der Waals surface area contributed by atoms with Crippen molar-refractivity contribution in [3.8, 4) is 5.75 Å². The summed E-state index contributed by atoms with van der Waals surface area (Å²) < 4.78 is 5.02. The number of aromatic nitrogens is 2. The summed E-state index contributed by atoms with van der Waals surface area (Å²) in [6.45, 7) is 0. The Kier molecular flexibility index (Phi) is 3.51. The van der Waals surface area contributed by atoms with Crippen molar-refractivity contribution in [2.45, 2.75) is 0 Å². The third-order valence-corrected chi connectivity index (χ3v) is 2.55. The highest BCUT2D eigenvalue weighted by molar-refractivity contribution is 7.13. The van der Waals surface area contributed by atoms with E-state index in [2.05, 4.69) is 20.6 Å². The molecule has 0 aromatic carbocycles. The molecule has 0 saturated heterocycles. The smallest absolute Gasteiger partial charge is 0.326 e. The van der Waals surface area contributed by atoms with Crippen LogP contribution in [0.25, 0.3) is 0 Å². The first-order chi connectivity index (χ1) is 8.28. The summed E-state index contributed by atoms with van der Waals surface area (Å²) in [5.74, 6) is 1.04. The SMILES string of the molecule is COc1ccnc(NC(=O)Nc2nccs2)c1. The molecule has 2 aromatic heterocycles. The number of hydrogen-bond acceptors (Lipinski definition) is 5. The van der Waals surface area contributed by atoms with Gasteiger partial charge in [0, 0.05) is 23.8 Å². The van der Waals surface area contributed by atoms with Crippen LogP contribution in [-0.4, -0.2) is 23.1 Å². The van der Waals surface area contributed by atoms with Gasteiger partial charge in [-0.15, -0.1) is 11.3 Å². The average molecular weight is 250 g/mol. The number of thiazole rings is 1. The fraction of sp³-hybridized carbons (Fsp3) is 0.100. The van der Waals surface area contributed by atoms with Crippen LogP contribution in [0.2, 0.25) is 0 Å². The second kappa shape index (κ2) is 5.26. The first-order valence-electron chi connectivity index (χ1n) is 4.75. The highest BCUT2D eigenvalue weighted by Crippen LogP contribution is 2.14. The summed E-state index contributed by atoms with van der Waals surface area (Å²) in [7, 11) is 1.55. The van der Waals surface area contributed by atoms with Crippen LogP contribution < -0.4 is 15.4 Å². The molecule has 0 aliphatic rings. The number of hydrogen-bond donors (Lipinski definition) is 2. The predicted octanol–water partition coefficient (Wildman–Crippen LogP) is 2.19. The van der Waals surface area contributed by atoms with E-state index in [0.717, 1.165) is 0 Å². The number of nitrogens with one attached hydrogen (secondary N) is 2. The van der Waals surface area contributed by atoms with Gasteiger partial charge in [-0.3, -0.25) is 10.6 Å². The average Bonchev–Trinajstić information content (AvgIpc) is 2.82. The number of carbonyl (C=O) groups excluding carboxylic acids is 1. The van der Waals surface area contributed by atoms with Crippen molar-refractivity contribution in [2.24, 2.45) is 0 Å². The molecule has 0 bridgehead atoms. The highest BCUT2D eigenvalue weighted by Gasteiger charge is 2.05. The van der Waals surface area contributed by atoms with Crippen molar-refractivity contribution in [2.75, 3.05) is 17.7 Å². The van der Waals surface area contributed by atoms with Gasteiger partial charge in [-0.05, 0) is 6.07 Å². The van der Waals surface area contributed by atoms with Crippen LogP contribution in [0.4, 0.5) is 15.7 Å². The Morgan fingerprint density at radius 2 is 2.24 bits per heavy atom. The molecular formula is C10H10N4O2S. The fourth-order valence-corrected chi connectivity index (χ4v) is 1.66. The fourth-order valence-electron chi connectivity index (χ4n) is 1.14. The van der Waals surface area contributed by atoms with Gasteiger partial charge in [0.1, 0.15) is 11.6 Å². The van der Waals surface area contributed by atoms with Crippen LogP contribution in [-0.2, 0) is 0 Å². The molecule has 7 heteroatoms. The third-order valence-electron chi connectivity index (χ3n) is 1.86.